The second-order valence-corrected chi connectivity index (χ2v) is 11.1. The number of aryl methyl sites for hydroxylation is 1. The molecule has 0 unspecified atom stereocenters. The zero-order valence-corrected chi connectivity index (χ0v) is 22.0. The Morgan fingerprint density at radius 1 is 1.11 bits per heavy atom. The lowest BCUT2D eigenvalue weighted by atomic mass is 9.81. The standard InChI is InChI=1S/C30H38N2O4/c1-21-10-15-28(31-20-21)35-25-8-5-7-24(18-25)17-22-11-13-23(14-12-22)19-27(33)26-9-6-16-32(26)29(34)36-30(2,3)4/h5,7-8,10,15,17-18,20,23,26H,6,9,11-14,16,19H2,1-4H3/t23?,26-/m0/s1. The molecule has 2 heterocycles. The van der Waals surface area contributed by atoms with Crippen LogP contribution in [0.2, 0.25) is 0 Å². The molecule has 1 atom stereocenters. The number of hydrogen-bond acceptors (Lipinski definition) is 5. The van der Waals surface area contributed by atoms with E-state index in [-0.39, 0.29) is 17.9 Å². The number of pyridine rings is 1. The number of allylic oxidation sites excluding steroid dienone is 1. The Bertz CT molecular complexity index is 1090. The van der Waals surface area contributed by atoms with Gasteiger partial charge in [-0.3, -0.25) is 9.69 Å². The third-order valence-electron chi connectivity index (χ3n) is 6.83. The van der Waals surface area contributed by atoms with Crippen molar-refractivity contribution in [3.8, 4) is 11.6 Å². The van der Waals surface area contributed by atoms with Crippen molar-refractivity contribution >= 4 is 18.0 Å². The van der Waals surface area contributed by atoms with E-state index in [0.29, 0.717) is 24.8 Å². The molecule has 1 saturated carbocycles. The summed E-state index contributed by atoms with van der Waals surface area (Å²) in [7, 11) is 0. The lowest BCUT2D eigenvalue weighted by molar-refractivity contribution is -0.124. The SMILES string of the molecule is Cc1ccc(Oc2cccc(C=C3CCC(CC(=O)[C@@H]4CCCN4C(=O)OC(C)(C)C)CC3)c2)nc1. The average molecular weight is 491 g/mol. The number of carbonyl (C=O) groups is 2. The molecule has 2 fully saturated rings. The van der Waals surface area contributed by atoms with Crippen LogP contribution in [0.4, 0.5) is 4.79 Å². The molecule has 192 valence electrons. The maximum Gasteiger partial charge on any atom is 0.410 e. The van der Waals surface area contributed by atoms with Gasteiger partial charge in [0, 0.05) is 25.2 Å². The van der Waals surface area contributed by atoms with Crippen LogP contribution in [0.25, 0.3) is 6.08 Å². The van der Waals surface area contributed by atoms with Gasteiger partial charge in [-0.2, -0.15) is 0 Å². The first kappa shape index (κ1) is 25.9. The molecule has 1 amide bonds. The Balaban J connectivity index is 1.29. The monoisotopic (exact) mass is 490 g/mol. The third-order valence-corrected chi connectivity index (χ3v) is 6.83. The summed E-state index contributed by atoms with van der Waals surface area (Å²) in [6.07, 6.45) is 9.80. The maximum atomic E-state index is 13.1. The highest BCUT2D eigenvalue weighted by atomic mass is 16.6. The summed E-state index contributed by atoms with van der Waals surface area (Å²) in [6, 6.07) is 11.6. The van der Waals surface area contributed by atoms with E-state index in [1.54, 1.807) is 11.1 Å². The fraction of sp³-hybridized carbons (Fsp3) is 0.500. The van der Waals surface area contributed by atoms with Gasteiger partial charge in [0.2, 0.25) is 5.88 Å². The zero-order chi connectivity index (χ0) is 25.7. The Hall–Kier alpha value is -3.15. The predicted octanol–water partition coefficient (Wildman–Crippen LogP) is 7.11. The van der Waals surface area contributed by atoms with Crippen LogP contribution >= 0.6 is 0 Å². The van der Waals surface area contributed by atoms with Crippen LogP contribution < -0.4 is 4.74 Å². The normalized spacial score (nSPS) is 20.2. The summed E-state index contributed by atoms with van der Waals surface area (Å²) in [5.41, 5.74) is 3.06. The summed E-state index contributed by atoms with van der Waals surface area (Å²) in [5, 5.41) is 0. The van der Waals surface area contributed by atoms with Crippen LogP contribution in [0, 0.1) is 12.8 Å². The number of ether oxygens (including phenoxy) is 2. The molecule has 0 bridgehead atoms. The summed E-state index contributed by atoms with van der Waals surface area (Å²) in [5.74, 6) is 1.91. The van der Waals surface area contributed by atoms with Gasteiger partial charge in [-0.1, -0.05) is 29.8 Å². The second-order valence-electron chi connectivity index (χ2n) is 11.1. The van der Waals surface area contributed by atoms with Crippen molar-refractivity contribution in [1.82, 2.24) is 9.88 Å². The molecular weight excluding hydrogens is 452 g/mol. The van der Waals surface area contributed by atoms with Crippen molar-refractivity contribution in [2.75, 3.05) is 6.54 Å². The second kappa shape index (κ2) is 11.3. The molecule has 6 nitrogen and oxygen atoms in total. The van der Waals surface area contributed by atoms with Crippen molar-refractivity contribution in [1.29, 1.82) is 0 Å². The molecule has 0 spiro atoms. The summed E-state index contributed by atoms with van der Waals surface area (Å²) < 4.78 is 11.4. The molecule has 2 aromatic rings. The Morgan fingerprint density at radius 2 is 1.89 bits per heavy atom. The number of likely N-dealkylation sites (tertiary alicyclic amines) is 1. The van der Waals surface area contributed by atoms with E-state index in [2.05, 4.69) is 17.1 Å². The molecule has 6 heteroatoms. The lowest BCUT2D eigenvalue weighted by Crippen LogP contribution is -2.43. The first-order valence-corrected chi connectivity index (χ1v) is 13.1. The van der Waals surface area contributed by atoms with Gasteiger partial charge >= 0.3 is 6.09 Å². The molecule has 1 saturated heterocycles. The number of rotatable bonds is 6. The highest BCUT2D eigenvalue weighted by Crippen LogP contribution is 2.34. The molecule has 0 radical (unpaired) electrons. The van der Waals surface area contributed by atoms with E-state index in [1.165, 1.54) is 5.57 Å². The van der Waals surface area contributed by atoms with Crippen LogP contribution in [0.5, 0.6) is 11.6 Å². The fourth-order valence-electron chi connectivity index (χ4n) is 5.00. The number of hydrogen-bond donors (Lipinski definition) is 0. The van der Waals surface area contributed by atoms with Gasteiger partial charge in [0.25, 0.3) is 0 Å². The smallest absolute Gasteiger partial charge is 0.410 e. The Kier molecular flexibility index (Phi) is 8.12. The first-order valence-electron chi connectivity index (χ1n) is 13.1. The number of aromatic nitrogens is 1. The first-order chi connectivity index (χ1) is 17.2. The summed E-state index contributed by atoms with van der Waals surface area (Å²) >= 11 is 0. The molecule has 0 N–H and O–H groups in total. The minimum Gasteiger partial charge on any atom is -0.444 e. The van der Waals surface area contributed by atoms with E-state index in [4.69, 9.17) is 9.47 Å². The summed E-state index contributed by atoms with van der Waals surface area (Å²) in [4.78, 5) is 31.6. The van der Waals surface area contributed by atoms with Crippen molar-refractivity contribution in [3.63, 3.8) is 0 Å². The molecule has 4 rings (SSSR count). The minimum absolute atomic E-state index is 0.186. The molecule has 1 aromatic heterocycles. The molecule has 36 heavy (non-hydrogen) atoms. The quantitative estimate of drug-likeness (QED) is 0.431. The number of Topliss-reactive ketones (excluding diaryl/α,β-unsaturated/α-hetero) is 1. The molecule has 2 aliphatic rings. The zero-order valence-electron chi connectivity index (χ0n) is 22.0. The van der Waals surface area contributed by atoms with Crippen molar-refractivity contribution in [2.45, 2.75) is 84.3 Å². The van der Waals surface area contributed by atoms with Crippen LogP contribution in [0.15, 0.2) is 48.2 Å². The molecule has 1 aliphatic heterocycles. The largest absolute Gasteiger partial charge is 0.444 e. The van der Waals surface area contributed by atoms with Crippen LogP contribution in [-0.4, -0.2) is 39.9 Å². The van der Waals surface area contributed by atoms with Crippen molar-refractivity contribution < 1.29 is 19.1 Å². The number of amides is 1. The highest BCUT2D eigenvalue weighted by Gasteiger charge is 2.37. The van der Waals surface area contributed by atoms with Crippen molar-refractivity contribution in [3.05, 3.63) is 59.3 Å². The fourth-order valence-corrected chi connectivity index (χ4v) is 5.00. The van der Waals surface area contributed by atoms with Crippen LogP contribution in [0.3, 0.4) is 0 Å². The van der Waals surface area contributed by atoms with Gasteiger partial charge in [0.05, 0.1) is 6.04 Å². The van der Waals surface area contributed by atoms with E-state index in [9.17, 15) is 9.59 Å². The van der Waals surface area contributed by atoms with E-state index in [1.807, 2.05) is 58.0 Å². The summed E-state index contributed by atoms with van der Waals surface area (Å²) in [6.45, 7) is 8.17. The Labute approximate surface area is 214 Å². The molecule has 1 aromatic carbocycles. The Morgan fingerprint density at radius 3 is 2.58 bits per heavy atom. The maximum absolute atomic E-state index is 13.1. The highest BCUT2D eigenvalue weighted by molar-refractivity contribution is 5.88. The van der Waals surface area contributed by atoms with Crippen molar-refractivity contribution in [2.24, 2.45) is 5.92 Å². The minimum atomic E-state index is -0.553. The molecule has 1 aliphatic carbocycles. The average Bonchev–Trinajstić information content (AvgIpc) is 3.32. The van der Waals surface area contributed by atoms with Gasteiger partial charge in [-0.15, -0.1) is 0 Å². The molecular formula is C30H38N2O4. The number of nitrogens with zero attached hydrogens (tertiary/aromatic N) is 2. The van der Waals surface area contributed by atoms with E-state index < -0.39 is 5.60 Å². The van der Waals surface area contributed by atoms with Gasteiger partial charge < -0.3 is 9.47 Å². The van der Waals surface area contributed by atoms with Gasteiger partial charge in [0.1, 0.15) is 11.4 Å². The number of ketones is 1. The van der Waals surface area contributed by atoms with Gasteiger partial charge in [0.15, 0.2) is 5.78 Å². The topological polar surface area (TPSA) is 68.7 Å². The number of benzene rings is 1. The van der Waals surface area contributed by atoms with Gasteiger partial charge in [-0.25, -0.2) is 9.78 Å². The van der Waals surface area contributed by atoms with Crippen LogP contribution in [0.1, 0.15) is 76.8 Å². The van der Waals surface area contributed by atoms with E-state index in [0.717, 1.165) is 55.4 Å². The van der Waals surface area contributed by atoms with Crippen LogP contribution in [-0.2, 0) is 9.53 Å². The van der Waals surface area contributed by atoms with E-state index >= 15 is 0 Å². The predicted molar refractivity (Wildman–Crippen MR) is 141 cm³/mol. The van der Waals surface area contributed by atoms with Gasteiger partial charge in [-0.05, 0) is 95.4 Å². The third kappa shape index (κ3) is 7.19. The number of carbonyl (C=O) groups excluding carboxylic acids is 2. The lowest BCUT2D eigenvalue weighted by Gasteiger charge is -2.29.